The number of amides is 1. The van der Waals surface area contributed by atoms with E-state index in [1.165, 1.54) is 31.0 Å². The molecule has 32 heavy (non-hydrogen) atoms. The van der Waals surface area contributed by atoms with Crippen molar-refractivity contribution >= 4 is 23.4 Å². The Morgan fingerprint density at radius 3 is 2.66 bits per heavy atom. The van der Waals surface area contributed by atoms with E-state index in [-0.39, 0.29) is 11.7 Å². The molecule has 6 nitrogen and oxygen atoms in total. The summed E-state index contributed by atoms with van der Waals surface area (Å²) in [7, 11) is 0. The van der Waals surface area contributed by atoms with E-state index < -0.39 is 0 Å². The van der Waals surface area contributed by atoms with Gasteiger partial charge >= 0.3 is 0 Å². The van der Waals surface area contributed by atoms with E-state index in [0.29, 0.717) is 23.9 Å². The maximum Gasteiger partial charge on any atom is 0.234 e. The van der Waals surface area contributed by atoms with Crippen molar-refractivity contribution in [3.8, 4) is 11.5 Å². The fourth-order valence-electron chi connectivity index (χ4n) is 3.96. The van der Waals surface area contributed by atoms with Crippen LogP contribution in [-0.2, 0) is 11.3 Å². The van der Waals surface area contributed by atoms with Gasteiger partial charge in [0, 0.05) is 24.2 Å². The molecule has 1 aliphatic rings. The standard InChI is InChI=1S/C25H28N4O2S/c1-2-16-29-24(19-10-5-3-6-11-19)27-28-25(29)32-18-23(30)26-20-12-9-15-22(17-20)31-21-13-7-4-8-14-21/h2,4,7-9,12-15,17,19H,1,3,5-6,10-11,16,18H2,(H,26,30). The molecule has 0 bridgehead atoms. The first-order chi connectivity index (χ1) is 15.7. The van der Waals surface area contributed by atoms with Crippen molar-refractivity contribution in [3.63, 3.8) is 0 Å². The van der Waals surface area contributed by atoms with Crippen LogP contribution in [0.5, 0.6) is 11.5 Å². The van der Waals surface area contributed by atoms with E-state index in [9.17, 15) is 4.79 Å². The van der Waals surface area contributed by atoms with Gasteiger partial charge in [-0.15, -0.1) is 16.8 Å². The number of ether oxygens (including phenoxy) is 1. The number of nitrogens with one attached hydrogen (secondary N) is 1. The normalized spacial score (nSPS) is 14.1. The molecule has 1 fully saturated rings. The first-order valence-electron chi connectivity index (χ1n) is 11.0. The molecule has 1 N–H and O–H groups in total. The van der Waals surface area contributed by atoms with Crippen LogP contribution in [0, 0.1) is 0 Å². The summed E-state index contributed by atoms with van der Waals surface area (Å²) in [5.74, 6) is 3.06. The van der Waals surface area contributed by atoms with Gasteiger partial charge in [-0.2, -0.15) is 0 Å². The summed E-state index contributed by atoms with van der Waals surface area (Å²) >= 11 is 1.40. The molecule has 7 heteroatoms. The second kappa shape index (κ2) is 11.0. The highest BCUT2D eigenvalue weighted by Gasteiger charge is 2.23. The van der Waals surface area contributed by atoms with Crippen LogP contribution in [0.4, 0.5) is 5.69 Å². The molecule has 4 rings (SSSR count). The highest BCUT2D eigenvalue weighted by atomic mass is 32.2. The van der Waals surface area contributed by atoms with Gasteiger partial charge in [0.05, 0.1) is 5.75 Å². The molecule has 0 aliphatic heterocycles. The van der Waals surface area contributed by atoms with Crippen LogP contribution in [0.2, 0.25) is 0 Å². The lowest BCUT2D eigenvalue weighted by Crippen LogP contribution is -2.15. The van der Waals surface area contributed by atoms with Gasteiger partial charge in [0.2, 0.25) is 5.91 Å². The molecule has 166 valence electrons. The summed E-state index contributed by atoms with van der Waals surface area (Å²) in [6, 6.07) is 17.0. The Morgan fingerprint density at radius 2 is 1.88 bits per heavy atom. The zero-order chi connectivity index (χ0) is 22.2. The summed E-state index contributed by atoms with van der Waals surface area (Å²) in [5.41, 5.74) is 0.694. The second-order valence-corrected chi connectivity index (χ2v) is 8.80. The second-order valence-electron chi connectivity index (χ2n) is 7.85. The molecule has 1 heterocycles. The minimum atomic E-state index is -0.0979. The Bertz CT molecular complexity index is 1050. The number of benzene rings is 2. The molecule has 1 aliphatic carbocycles. The van der Waals surface area contributed by atoms with Gasteiger partial charge in [0.1, 0.15) is 17.3 Å². The van der Waals surface area contributed by atoms with Gasteiger partial charge < -0.3 is 14.6 Å². The highest BCUT2D eigenvalue weighted by molar-refractivity contribution is 7.99. The average molecular weight is 449 g/mol. The first-order valence-corrected chi connectivity index (χ1v) is 12.0. The topological polar surface area (TPSA) is 69.0 Å². The third-order valence-corrected chi connectivity index (χ3v) is 6.42. The number of hydrogen-bond acceptors (Lipinski definition) is 5. The number of para-hydroxylation sites is 1. The zero-order valence-corrected chi connectivity index (χ0v) is 18.9. The number of thioether (sulfide) groups is 1. The summed E-state index contributed by atoms with van der Waals surface area (Å²) in [4.78, 5) is 12.6. The minimum Gasteiger partial charge on any atom is -0.457 e. The van der Waals surface area contributed by atoms with E-state index in [1.807, 2.05) is 60.7 Å². The van der Waals surface area contributed by atoms with Crippen LogP contribution in [0.25, 0.3) is 0 Å². The Labute approximate surface area is 193 Å². The monoisotopic (exact) mass is 448 g/mol. The van der Waals surface area contributed by atoms with Crippen LogP contribution in [-0.4, -0.2) is 26.4 Å². The van der Waals surface area contributed by atoms with E-state index in [4.69, 9.17) is 4.74 Å². The van der Waals surface area contributed by atoms with Crippen molar-refractivity contribution in [1.29, 1.82) is 0 Å². The number of anilines is 1. The molecule has 1 amide bonds. The molecule has 0 unspecified atom stereocenters. The lowest BCUT2D eigenvalue weighted by atomic mass is 9.89. The summed E-state index contributed by atoms with van der Waals surface area (Å²) in [5, 5.41) is 12.6. The van der Waals surface area contributed by atoms with Crippen LogP contribution < -0.4 is 10.1 Å². The lowest BCUT2D eigenvalue weighted by Gasteiger charge is -2.21. The number of aromatic nitrogens is 3. The number of rotatable bonds is 9. The summed E-state index contributed by atoms with van der Waals surface area (Å²) in [6.07, 6.45) is 7.94. The summed E-state index contributed by atoms with van der Waals surface area (Å²) < 4.78 is 7.95. The van der Waals surface area contributed by atoms with Crippen LogP contribution in [0.15, 0.2) is 72.4 Å². The van der Waals surface area contributed by atoms with Crippen LogP contribution in [0.3, 0.4) is 0 Å². The lowest BCUT2D eigenvalue weighted by molar-refractivity contribution is -0.113. The fraction of sp³-hybridized carbons (Fsp3) is 0.320. The quantitative estimate of drug-likeness (QED) is 0.319. The van der Waals surface area contributed by atoms with Gasteiger partial charge in [0.25, 0.3) is 0 Å². The third-order valence-electron chi connectivity index (χ3n) is 5.46. The fourth-order valence-corrected chi connectivity index (χ4v) is 4.71. The van der Waals surface area contributed by atoms with E-state index in [0.717, 1.165) is 29.6 Å². The number of hydrogen-bond donors (Lipinski definition) is 1. The van der Waals surface area contributed by atoms with Crippen molar-refractivity contribution in [1.82, 2.24) is 14.8 Å². The Balaban J connectivity index is 1.36. The average Bonchev–Trinajstić information content (AvgIpc) is 3.22. The molecule has 2 aromatic carbocycles. The maximum atomic E-state index is 12.6. The third kappa shape index (κ3) is 5.79. The molecule has 0 saturated heterocycles. The number of allylic oxidation sites excluding steroid dienone is 1. The van der Waals surface area contributed by atoms with Gasteiger partial charge in [0.15, 0.2) is 5.16 Å². The Kier molecular flexibility index (Phi) is 7.61. The minimum absolute atomic E-state index is 0.0979. The van der Waals surface area contributed by atoms with Crippen LogP contribution in [0.1, 0.15) is 43.8 Å². The number of carbonyl (C=O) groups excluding carboxylic acids is 1. The predicted octanol–water partition coefficient (Wildman–Crippen LogP) is 6.03. The smallest absolute Gasteiger partial charge is 0.234 e. The Hall–Kier alpha value is -3.06. The molecule has 0 radical (unpaired) electrons. The molecule has 3 aromatic rings. The van der Waals surface area contributed by atoms with Crippen molar-refractivity contribution in [2.45, 2.75) is 49.7 Å². The van der Waals surface area contributed by atoms with Crippen molar-refractivity contribution in [2.24, 2.45) is 0 Å². The molecular formula is C25H28N4O2S. The van der Waals surface area contributed by atoms with Gasteiger partial charge in [-0.1, -0.05) is 61.4 Å². The SMILES string of the molecule is C=CCn1c(SCC(=O)Nc2cccc(Oc3ccccc3)c2)nnc1C1CCCCC1. The van der Waals surface area contributed by atoms with Crippen molar-refractivity contribution in [2.75, 3.05) is 11.1 Å². The van der Waals surface area contributed by atoms with Gasteiger partial charge in [-0.05, 0) is 37.1 Å². The van der Waals surface area contributed by atoms with E-state index in [1.54, 1.807) is 0 Å². The van der Waals surface area contributed by atoms with E-state index in [2.05, 4.69) is 26.7 Å². The first kappa shape index (κ1) is 22.1. The maximum absolute atomic E-state index is 12.6. The van der Waals surface area contributed by atoms with Crippen LogP contribution >= 0.6 is 11.8 Å². The van der Waals surface area contributed by atoms with Crippen molar-refractivity contribution in [3.05, 3.63) is 73.1 Å². The van der Waals surface area contributed by atoms with Crippen molar-refractivity contribution < 1.29 is 9.53 Å². The largest absolute Gasteiger partial charge is 0.457 e. The molecule has 1 saturated carbocycles. The molecular weight excluding hydrogens is 420 g/mol. The highest BCUT2D eigenvalue weighted by Crippen LogP contribution is 2.33. The van der Waals surface area contributed by atoms with E-state index >= 15 is 0 Å². The number of nitrogens with zero attached hydrogens (tertiary/aromatic N) is 3. The molecule has 1 aromatic heterocycles. The summed E-state index contributed by atoms with van der Waals surface area (Å²) in [6.45, 7) is 4.53. The zero-order valence-electron chi connectivity index (χ0n) is 18.1. The van der Waals surface area contributed by atoms with Gasteiger partial charge in [-0.25, -0.2) is 0 Å². The molecule has 0 spiro atoms. The van der Waals surface area contributed by atoms with Gasteiger partial charge in [-0.3, -0.25) is 4.79 Å². The predicted molar refractivity (Wildman–Crippen MR) is 128 cm³/mol. The Morgan fingerprint density at radius 1 is 1.09 bits per heavy atom. The number of carbonyl (C=O) groups is 1. The molecule has 0 atom stereocenters.